The second-order valence-corrected chi connectivity index (χ2v) is 5.28. The Morgan fingerprint density at radius 1 is 1.47 bits per heavy atom. The maximum absolute atomic E-state index is 11.6. The number of anilines is 1. The number of aryl methyl sites for hydroxylation is 1. The number of rotatable bonds is 6. The van der Waals surface area contributed by atoms with Gasteiger partial charge in [-0.25, -0.2) is 4.98 Å². The van der Waals surface area contributed by atoms with Crippen LogP contribution in [-0.2, 0) is 13.1 Å². The lowest BCUT2D eigenvalue weighted by molar-refractivity contribution is 0.310. The summed E-state index contributed by atoms with van der Waals surface area (Å²) in [6.45, 7) is 2.44. The SMILES string of the molecule is CN(CCCn1cc(N)ccc1=O)Cc1cscn1. The molecule has 0 atom stereocenters. The minimum atomic E-state index is -0.00338. The zero-order chi connectivity index (χ0) is 13.7. The average molecular weight is 278 g/mol. The van der Waals surface area contributed by atoms with Gasteiger partial charge in [0.15, 0.2) is 0 Å². The Kier molecular flexibility index (Phi) is 4.70. The number of hydrogen-bond acceptors (Lipinski definition) is 5. The van der Waals surface area contributed by atoms with Gasteiger partial charge in [-0.3, -0.25) is 4.79 Å². The molecule has 0 saturated carbocycles. The Balaban J connectivity index is 1.80. The highest BCUT2D eigenvalue weighted by atomic mass is 32.1. The third kappa shape index (κ3) is 4.18. The van der Waals surface area contributed by atoms with Crippen molar-refractivity contribution in [2.75, 3.05) is 19.3 Å². The van der Waals surface area contributed by atoms with Gasteiger partial charge in [0.25, 0.3) is 5.56 Å². The molecular weight excluding hydrogens is 260 g/mol. The first-order valence-corrected chi connectivity index (χ1v) is 7.11. The Bertz CT molecular complexity index is 564. The summed E-state index contributed by atoms with van der Waals surface area (Å²) in [5, 5.41) is 2.05. The topological polar surface area (TPSA) is 64.2 Å². The molecule has 2 rings (SSSR count). The molecule has 2 aromatic rings. The van der Waals surface area contributed by atoms with Gasteiger partial charge in [-0.05, 0) is 26.1 Å². The highest BCUT2D eigenvalue weighted by Gasteiger charge is 2.02. The fraction of sp³-hybridized carbons (Fsp3) is 0.385. The first-order valence-electron chi connectivity index (χ1n) is 6.17. The van der Waals surface area contributed by atoms with Gasteiger partial charge in [0.2, 0.25) is 0 Å². The van der Waals surface area contributed by atoms with Crippen molar-refractivity contribution >= 4 is 17.0 Å². The van der Waals surface area contributed by atoms with Gasteiger partial charge >= 0.3 is 0 Å². The van der Waals surface area contributed by atoms with Crippen LogP contribution < -0.4 is 11.3 Å². The minimum Gasteiger partial charge on any atom is -0.398 e. The van der Waals surface area contributed by atoms with Gasteiger partial charge in [0.1, 0.15) is 0 Å². The van der Waals surface area contributed by atoms with E-state index in [1.165, 1.54) is 6.07 Å². The molecule has 0 bridgehead atoms. The van der Waals surface area contributed by atoms with Crippen LogP contribution in [0.2, 0.25) is 0 Å². The van der Waals surface area contributed by atoms with E-state index >= 15 is 0 Å². The number of nitrogens with zero attached hydrogens (tertiary/aromatic N) is 3. The summed E-state index contributed by atoms with van der Waals surface area (Å²) in [5.74, 6) is 0. The van der Waals surface area contributed by atoms with E-state index in [4.69, 9.17) is 5.73 Å². The number of pyridine rings is 1. The van der Waals surface area contributed by atoms with Crippen molar-refractivity contribution in [3.8, 4) is 0 Å². The van der Waals surface area contributed by atoms with Crippen molar-refractivity contribution in [2.24, 2.45) is 0 Å². The predicted molar refractivity (Wildman–Crippen MR) is 78.2 cm³/mol. The number of nitrogen functional groups attached to an aromatic ring is 1. The van der Waals surface area contributed by atoms with Crippen LogP contribution in [0.4, 0.5) is 5.69 Å². The third-order valence-electron chi connectivity index (χ3n) is 2.86. The molecule has 0 saturated heterocycles. The number of nitrogens with two attached hydrogens (primary N) is 1. The lowest BCUT2D eigenvalue weighted by Gasteiger charge is -2.15. The van der Waals surface area contributed by atoms with E-state index in [0.717, 1.165) is 25.2 Å². The second kappa shape index (κ2) is 6.49. The summed E-state index contributed by atoms with van der Waals surface area (Å²) in [4.78, 5) is 18.0. The van der Waals surface area contributed by atoms with Crippen LogP contribution >= 0.6 is 11.3 Å². The lowest BCUT2D eigenvalue weighted by atomic mass is 10.3. The summed E-state index contributed by atoms with van der Waals surface area (Å²) in [6.07, 6.45) is 2.60. The molecule has 2 heterocycles. The molecule has 0 aliphatic rings. The fourth-order valence-corrected chi connectivity index (χ4v) is 2.46. The van der Waals surface area contributed by atoms with Crippen LogP contribution in [0.3, 0.4) is 0 Å². The van der Waals surface area contributed by atoms with Gasteiger partial charge in [0.05, 0.1) is 11.2 Å². The summed E-state index contributed by atoms with van der Waals surface area (Å²) in [7, 11) is 2.06. The van der Waals surface area contributed by atoms with E-state index in [2.05, 4.69) is 22.3 Å². The van der Waals surface area contributed by atoms with Crippen LogP contribution in [0.15, 0.2) is 34.0 Å². The zero-order valence-electron chi connectivity index (χ0n) is 11.0. The van der Waals surface area contributed by atoms with E-state index in [0.29, 0.717) is 12.2 Å². The van der Waals surface area contributed by atoms with Crippen molar-refractivity contribution in [3.63, 3.8) is 0 Å². The Morgan fingerprint density at radius 2 is 2.32 bits per heavy atom. The highest BCUT2D eigenvalue weighted by Crippen LogP contribution is 2.04. The molecule has 19 heavy (non-hydrogen) atoms. The predicted octanol–water partition coefficient (Wildman–Crippen LogP) is 1.41. The van der Waals surface area contributed by atoms with Gasteiger partial charge in [0, 0.05) is 36.4 Å². The van der Waals surface area contributed by atoms with Crippen molar-refractivity contribution in [2.45, 2.75) is 19.5 Å². The summed E-state index contributed by atoms with van der Waals surface area (Å²) in [6, 6.07) is 3.14. The Morgan fingerprint density at radius 3 is 3.05 bits per heavy atom. The molecule has 0 unspecified atom stereocenters. The van der Waals surface area contributed by atoms with E-state index in [1.807, 2.05) is 5.51 Å². The molecule has 0 aliphatic heterocycles. The van der Waals surface area contributed by atoms with Crippen molar-refractivity contribution < 1.29 is 0 Å². The summed E-state index contributed by atoms with van der Waals surface area (Å²) < 4.78 is 1.66. The molecule has 0 aromatic carbocycles. The van der Waals surface area contributed by atoms with E-state index < -0.39 is 0 Å². The molecule has 0 aliphatic carbocycles. The molecule has 5 nitrogen and oxygen atoms in total. The molecule has 2 aromatic heterocycles. The number of hydrogen-bond donors (Lipinski definition) is 1. The molecule has 0 amide bonds. The molecule has 2 N–H and O–H groups in total. The number of thiazole rings is 1. The largest absolute Gasteiger partial charge is 0.398 e. The minimum absolute atomic E-state index is 0.00338. The van der Waals surface area contributed by atoms with Crippen LogP contribution in [0.5, 0.6) is 0 Å². The Hall–Kier alpha value is -1.66. The first-order chi connectivity index (χ1) is 9.15. The monoisotopic (exact) mass is 278 g/mol. The normalized spacial score (nSPS) is 11.1. The lowest BCUT2D eigenvalue weighted by Crippen LogP contribution is -2.24. The van der Waals surface area contributed by atoms with Crippen molar-refractivity contribution in [1.29, 1.82) is 0 Å². The van der Waals surface area contributed by atoms with Crippen LogP contribution in [0.25, 0.3) is 0 Å². The van der Waals surface area contributed by atoms with Crippen LogP contribution in [0, 0.1) is 0 Å². The third-order valence-corrected chi connectivity index (χ3v) is 3.50. The zero-order valence-corrected chi connectivity index (χ0v) is 11.8. The first kappa shape index (κ1) is 13.8. The number of aromatic nitrogens is 2. The standard InChI is InChI=1S/C13H18N4OS/c1-16(8-12-9-19-10-15-12)5-2-6-17-7-11(14)3-4-13(17)18/h3-4,7,9-10H,2,5-6,8,14H2,1H3. The van der Waals surface area contributed by atoms with Gasteiger partial charge in [-0.2, -0.15) is 0 Å². The maximum atomic E-state index is 11.6. The van der Waals surface area contributed by atoms with E-state index in [9.17, 15) is 4.79 Å². The molecule has 102 valence electrons. The molecular formula is C13H18N4OS. The average Bonchev–Trinajstić information content (AvgIpc) is 2.86. The fourth-order valence-electron chi connectivity index (χ4n) is 1.91. The molecule has 0 fully saturated rings. The van der Waals surface area contributed by atoms with Crippen molar-refractivity contribution in [1.82, 2.24) is 14.5 Å². The molecule has 6 heteroatoms. The summed E-state index contributed by atoms with van der Waals surface area (Å²) in [5.41, 5.74) is 9.22. The quantitative estimate of drug-likeness (QED) is 0.867. The van der Waals surface area contributed by atoms with Gasteiger partial charge < -0.3 is 15.2 Å². The van der Waals surface area contributed by atoms with Gasteiger partial charge in [-0.1, -0.05) is 0 Å². The highest BCUT2D eigenvalue weighted by molar-refractivity contribution is 7.07. The maximum Gasteiger partial charge on any atom is 0.250 e. The molecule has 0 spiro atoms. The van der Waals surface area contributed by atoms with Crippen molar-refractivity contribution in [3.05, 3.63) is 45.3 Å². The second-order valence-electron chi connectivity index (χ2n) is 4.57. The summed E-state index contributed by atoms with van der Waals surface area (Å²) >= 11 is 1.61. The van der Waals surface area contributed by atoms with E-state index in [-0.39, 0.29) is 5.56 Å². The Labute approximate surface area is 116 Å². The smallest absolute Gasteiger partial charge is 0.250 e. The van der Waals surface area contributed by atoms with Crippen LogP contribution in [0.1, 0.15) is 12.1 Å². The van der Waals surface area contributed by atoms with Crippen LogP contribution in [-0.4, -0.2) is 28.0 Å². The van der Waals surface area contributed by atoms with E-state index in [1.54, 1.807) is 28.2 Å². The van der Waals surface area contributed by atoms with Gasteiger partial charge in [-0.15, -0.1) is 11.3 Å². The molecule has 0 radical (unpaired) electrons.